The van der Waals surface area contributed by atoms with Gasteiger partial charge in [0.2, 0.25) is 0 Å². The van der Waals surface area contributed by atoms with E-state index in [-0.39, 0.29) is 5.30 Å². The molecule has 0 aliphatic rings. The lowest BCUT2D eigenvalue weighted by Gasteiger charge is -1.96. The fourth-order valence-corrected chi connectivity index (χ4v) is 0.880. The van der Waals surface area contributed by atoms with Crippen LogP contribution in [0.25, 0.3) is 0 Å². The number of thiocarbonyl (C=S) groups is 1. The zero-order valence-corrected chi connectivity index (χ0v) is 6.97. The summed E-state index contributed by atoms with van der Waals surface area (Å²) >= 11 is 5.60. The number of carbonyl (C=O) groups excluding carboxylic acids is 1. The highest BCUT2D eigenvalue weighted by atomic mass is 32.2. The molecule has 0 heterocycles. The molecule has 0 aliphatic heterocycles. The van der Waals surface area contributed by atoms with Crippen LogP contribution in [-0.4, -0.2) is 16.1 Å². The van der Waals surface area contributed by atoms with Crippen LogP contribution < -0.4 is 0 Å². The largest absolute Gasteiger partial charge is 0.458 e. The predicted molar refractivity (Wildman–Crippen MR) is 42.9 cm³/mol. The second-order valence-electron chi connectivity index (χ2n) is 1.28. The van der Waals surface area contributed by atoms with E-state index < -0.39 is 0 Å². The Morgan fingerprint density at radius 1 is 1.78 bits per heavy atom. The van der Waals surface area contributed by atoms with Gasteiger partial charge in [-0.3, -0.25) is 0 Å². The van der Waals surface area contributed by atoms with E-state index in [1.165, 1.54) is 0 Å². The quantitative estimate of drug-likeness (QED) is 0.438. The Morgan fingerprint density at radius 2 is 2.33 bits per heavy atom. The minimum Gasteiger partial charge on any atom is -0.458 e. The number of rotatable bonds is 1. The van der Waals surface area contributed by atoms with Crippen LogP contribution in [0.5, 0.6) is 0 Å². The van der Waals surface area contributed by atoms with Gasteiger partial charge in [-0.2, -0.15) is 0 Å². The molecule has 0 bridgehead atoms. The minimum absolute atomic E-state index is 0.315. The molecule has 2 nitrogen and oxygen atoms in total. The van der Waals surface area contributed by atoms with Crippen molar-refractivity contribution >= 4 is 33.5 Å². The molecular formula is C5H8O2S2. The first-order chi connectivity index (χ1) is 4.16. The molecule has 0 fully saturated rings. The smallest absolute Gasteiger partial charge is 0.372 e. The summed E-state index contributed by atoms with van der Waals surface area (Å²) in [6.45, 7) is 3.86. The highest BCUT2D eigenvalue weighted by molar-refractivity contribution is 8.32. The number of carbonyl (C=O) groups is 1. The third-order valence-electron chi connectivity index (χ3n) is 0.489. The summed E-state index contributed by atoms with van der Waals surface area (Å²) in [5.74, 6) is 0. The lowest BCUT2D eigenvalue weighted by molar-refractivity contribution is 0.182. The SMILES string of the molecule is CCOC(=O)SC(C)=S. The second-order valence-corrected chi connectivity index (χ2v) is 3.30. The lowest BCUT2D eigenvalue weighted by Crippen LogP contribution is -1.97. The van der Waals surface area contributed by atoms with Gasteiger partial charge < -0.3 is 4.74 Å². The topological polar surface area (TPSA) is 26.3 Å². The van der Waals surface area contributed by atoms with Crippen LogP contribution in [0.1, 0.15) is 13.8 Å². The molecule has 0 aliphatic carbocycles. The highest BCUT2D eigenvalue weighted by Crippen LogP contribution is 2.06. The van der Waals surface area contributed by atoms with Crippen LogP contribution in [0.15, 0.2) is 0 Å². The van der Waals surface area contributed by atoms with Gasteiger partial charge >= 0.3 is 5.30 Å². The maximum atomic E-state index is 10.5. The maximum absolute atomic E-state index is 10.5. The van der Waals surface area contributed by atoms with Crippen molar-refractivity contribution in [3.05, 3.63) is 0 Å². The third-order valence-corrected chi connectivity index (χ3v) is 1.31. The molecule has 0 radical (unpaired) electrons. The number of hydrogen-bond donors (Lipinski definition) is 0. The summed E-state index contributed by atoms with van der Waals surface area (Å²) in [5.41, 5.74) is 0. The van der Waals surface area contributed by atoms with Crippen molar-refractivity contribution in [1.29, 1.82) is 0 Å². The summed E-state index contributed by atoms with van der Waals surface area (Å²) < 4.78 is 5.18. The van der Waals surface area contributed by atoms with Crippen molar-refractivity contribution in [1.82, 2.24) is 0 Å². The van der Waals surface area contributed by atoms with Gasteiger partial charge in [-0.05, 0) is 25.6 Å². The molecule has 0 atom stereocenters. The number of hydrogen-bond acceptors (Lipinski definition) is 4. The molecule has 0 saturated carbocycles. The Labute approximate surface area is 64.0 Å². The average Bonchev–Trinajstić information content (AvgIpc) is 1.63. The van der Waals surface area contributed by atoms with E-state index in [0.29, 0.717) is 10.8 Å². The molecule has 9 heavy (non-hydrogen) atoms. The molecule has 0 aromatic rings. The van der Waals surface area contributed by atoms with Crippen LogP contribution in [0.3, 0.4) is 0 Å². The molecule has 52 valence electrons. The Hall–Kier alpha value is -0.0900. The molecule has 0 rings (SSSR count). The van der Waals surface area contributed by atoms with Gasteiger partial charge in [-0.25, -0.2) is 4.79 Å². The monoisotopic (exact) mass is 164 g/mol. The molecule has 0 N–H and O–H groups in total. The summed E-state index contributed by atoms with van der Waals surface area (Å²) in [7, 11) is 0. The van der Waals surface area contributed by atoms with Crippen molar-refractivity contribution in [3.8, 4) is 0 Å². The standard InChI is InChI=1S/C5H8O2S2/c1-3-7-5(6)9-4(2)8/h3H2,1-2H3. The molecule has 0 spiro atoms. The third kappa shape index (κ3) is 5.79. The minimum atomic E-state index is -0.315. The predicted octanol–water partition coefficient (Wildman–Crippen LogP) is 2.22. The summed E-state index contributed by atoms with van der Waals surface area (Å²) in [4.78, 5) is 10.5. The van der Waals surface area contributed by atoms with Crippen LogP contribution in [0, 0.1) is 0 Å². The Balaban J connectivity index is 3.39. The summed E-state index contributed by atoms with van der Waals surface area (Å²) in [6, 6.07) is 0. The van der Waals surface area contributed by atoms with Gasteiger partial charge in [0.25, 0.3) is 0 Å². The van der Waals surface area contributed by atoms with Gasteiger partial charge in [0.1, 0.15) is 0 Å². The molecule has 0 unspecified atom stereocenters. The van der Waals surface area contributed by atoms with Crippen molar-refractivity contribution in [2.45, 2.75) is 13.8 Å². The van der Waals surface area contributed by atoms with Crippen LogP contribution in [0.4, 0.5) is 4.79 Å². The first-order valence-electron chi connectivity index (χ1n) is 2.52. The van der Waals surface area contributed by atoms with E-state index in [4.69, 9.17) is 0 Å². The average molecular weight is 164 g/mol. The van der Waals surface area contributed by atoms with E-state index in [0.717, 1.165) is 11.8 Å². The molecule has 0 aromatic heterocycles. The zero-order chi connectivity index (χ0) is 7.28. The Kier molecular flexibility index (Phi) is 4.71. The van der Waals surface area contributed by atoms with Gasteiger partial charge in [0.15, 0.2) is 0 Å². The Bertz CT molecular complexity index is 122. The van der Waals surface area contributed by atoms with E-state index in [9.17, 15) is 4.79 Å². The molecule has 0 aromatic carbocycles. The summed E-state index contributed by atoms with van der Waals surface area (Å²) in [5, 5.41) is -0.315. The van der Waals surface area contributed by atoms with Crippen molar-refractivity contribution < 1.29 is 9.53 Å². The lowest BCUT2D eigenvalue weighted by atomic mass is 10.9. The van der Waals surface area contributed by atoms with E-state index >= 15 is 0 Å². The van der Waals surface area contributed by atoms with Crippen molar-refractivity contribution in [2.24, 2.45) is 0 Å². The van der Waals surface area contributed by atoms with Gasteiger partial charge in [-0.15, -0.1) is 0 Å². The molecule has 0 amide bonds. The maximum Gasteiger partial charge on any atom is 0.372 e. The Morgan fingerprint density at radius 3 is 2.67 bits per heavy atom. The second kappa shape index (κ2) is 4.76. The van der Waals surface area contributed by atoms with Crippen molar-refractivity contribution in [3.63, 3.8) is 0 Å². The van der Waals surface area contributed by atoms with Crippen molar-refractivity contribution in [2.75, 3.05) is 6.61 Å². The van der Waals surface area contributed by atoms with Crippen LogP contribution in [-0.2, 0) is 4.74 Å². The van der Waals surface area contributed by atoms with E-state index in [2.05, 4.69) is 17.0 Å². The normalized spacial score (nSPS) is 8.67. The molecule has 4 heteroatoms. The molecular weight excluding hydrogens is 156 g/mol. The summed E-state index contributed by atoms with van der Waals surface area (Å²) in [6.07, 6.45) is 0. The first-order valence-corrected chi connectivity index (χ1v) is 3.74. The van der Waals surface area contributed by atoms with Crippen LogP contribution >= 0.6 is 24.0 Å². The van der Waals surface area contributed by atoms with E-state index in [1.807, 2.05) is 0 Å². The van der Waals surface area contributed by atoms with Crippen LogP contribution in [0.2, 0.25) is 0 Å². The fourth-order valence-electron chi connectivity index (χ4n) is 0.265. The van der Waals surface area contributed by atoms with Gasteiger partial charge in [0, 0.05) is 0 Å². The molecule has 0 saturated heterocycles. The van der Waals surface area contributed by atoms with Gasteiger partial charge in [0.05, 0.1) is 10.8 Å². The highest BCUT2D eigenvalue weighted by Gasteiger charge is 2.01. The zero-order valence-electron chi connectivity index (χ0n) is 5.34. The van der Waals surface area contributed by atoms with Gasteiger partial charge in [-0.1, -0.05) is 12.2 Å². The first kappa shape index (κ1) is 8.91. The number of ether oxygens (including phenoxy) is 1. The number of thioether (sulfide) groups is 1. The van der Waals surface area contributed by atoms with E-state index in [1.54, 1.807) is 13.8 Å². The fraction of sp³-hybridized carbons (Fsp3) is 0.600.